The van der Waals surface area contributed by atoms with Crippen LogP contribution in [0.1, 0.15) is 23.1 Å². The molecule has 1 N–H and O–H groups in total. The Morgan fingerprint density at radius 3 is 2.54 bits per heavy atom. The van der Waals surface area contributed by atoms with Crippen molar-refractivity contribution in [1.29, 1.82) is 0 Å². The summed E-state index contributed by atoms with van der Waals surface area (Å²) in [6, 6.07) is 14.6. The third kappa shape index (κ3) is 3.01. The fraction of sp³-hybridized carbons (Fsp3) is 0.158. The molecule has 3 rings (SSSR count). The molecule has 1 aromatic heterocycles. The number of ether oxygens (including phenoxy) is 2. The number of fused-ring (bicyclic) bond motifs is 1. The van der Waals surface area contributed by atoms with Crippen LogP contribution in [0, 0.1) is 6.92 Å². The van der Waals surface area contributed by atoms with E-state index in [1.807, 2.05) is 30.3 Å². The highest BCUT2D eigenvalue weighted by Gasteiger charge is 2.19. The molecule has 5 nitrogen and oxygen atoms in total. The largest absolute Gasteiger partial charge is 0.505 e. The van der Waals surface area contributed by atoms with E-state index in [1.54, 1.807) is 32.0 Å². The van der Waals surface area contributed by atoms with Gasteiger partial charge in [-0.2, -0.15) is 0 Å². The summed E-state index contributed by atoms with van der Waals surface area (Å²) in [6.07, 6.45) is 0. The lowest BCUT2D eigenvalue weighted by Gasteiger charge is -2.11. The van der Waals surface area contributed by atoms with Crippen LogP contribution in [0.25, 0.3) is 10.8 Å². The van der Waals surface area contributed by atoms with E-state index < -0.39 is 5.97 Å². The first-order valence-corrected chi connectivity index (χ1v) is 7.63. The zero-order valence-electron chi connectivity index (χ0n) is 13.4. The standard InChI is InChI=1S/C19H17NO4/c1-3-23-19(22)17-18(21)15-10-9-14(11-16(15)12(2)20-17)24-13-7-5-4-6-8-13/h4-11,21H,3H2,1-2H3. The second-order valence-electron chi connectivity index (χ2n) is 5.24. The number of carbonyl (C=O) groups is 1. The maximum atomic E-state index is 11.9. The van der Waals surface area contributed by atoms with Crippen LogP contribution in [-0.4, -0.2) is 22.7 Å². The average Bonchev–Trinajstić information content (AvgIpc) is 2.59. The molecule has 0 fully saturated rings. The average molecular weight is 323 g/mol. The number of esters is 1. The number of benzene rings is 2. The number of rotatable bonds is 4. The van der Waals surface area contributed by atoms with Crippen molar-refractivity contribution in [3.05, 3.63) is 59.9 Å². The van der Waals surface area contributed by atoms with Crippen LogP contribution in [0.3, 0.4) is 0 Å². The second kappa shape index (κ2) is 6.58. The molecule has 0 saturated heterocycles. The lowest BCUT2D eigenvalue weighted by Crippen LogP contribution is -2.08. The van der Waals surface area contributed by atoms with Gasteiger partial charge in [0.05, 0.1) is 6.61 Å². The molecule has 0 amide bonds. The maximum absolute atomic E-state index is 11.9. The van der Waals surface area contributed by atoms with Crippen molar-refractivity contribution in [2.75, 3.05) is 6.61 Å². The summed E-state index contributed by atoms with van der Waals surface area (Å²) in [7, 11) is 0. The molecule has 0 radical (unpaired) electrons. The van der Waals surface area contributed by atoms with E-state index in [4.69, 9.17) is 9.47 Å². The molecule has 2 aromatic carbocycles. The Morgan fingerprint density at radius 1 is 1.08 bits per heavy atom. The summed E-state index contributed by atoms with van der Waals surface area (Å²) in [4.78, 5) is 16.1. The predicted molar refractivity (Wildman–Crippen MR) is 90.6 cm³/mol. The van der Waals surface area contributed by atoms with Gasteiger partial charge in [0.25, 0.3) is 0 Å². The predicted octanol–water partition coefficient (Wildman–Crippen LogP) is 4.22. The van der Waals surface area contributed by atoms with Gasteiger partial charge in [-0.1, -0.05) is 18.2 Å². The first-order valence-electron chi connectivity index (χ1n) is 7.63. The van der Waals surface area contributed by atoms with Gasteiger partial charge in [0.1, 0.15) is 11.5 Å². The van der Waals surface area contributed by atoms with Gasteiger partial charge in [-0.3, -0.25) is 0 Å². The first kappa shape index (κ1) is 15.8. The molecule has 0 aliphatic rings. The van der Waals surface area contributed by atoms with Crippen LogP contribution in [0.15, 0.2) is 48.5 Å². The second-order valence-corrected chi connectivity index (χ2v) is 5.24. The number of aromatic hydroxyl groups is 1. The van der Waals surface area contributed by atoms with E-state index in [1.165, 1.54) is 0 Å². The summed E-state index contributed by atoms with van der Waals surface area (Å²) in [6.45, 7) is 3.70. The highest BCUT2D eigenvalue weighted by Crippen LogP contribution is 2.33. The Kier molecular flexibility index (Phi) is 4.33. The minimum atomic E-state index is -0.635. The van der Waals surface area contributed by atoms with E-state index in [-0.39, 0.29) is 18.1 Å². The fourth-order valence-corrected chi connectivity index (χ4v) is 2.47. The summed E-state index contributed by atoms with van der Waals surface area (Å²) in [5, 5.41) is 11.6. The van der Waals surface area contributed by atoms with Crippen LogP contribution in [0.2, 0.25) is 0 Å². The lowest BCUT2D eigenvalue weighted by molar-refractivity contribution is 0.0516. The van der Waals surface area contributed by atoms with Crippen molar-refractivity contribution < 1.29 is 19.4 Å². The Balaban J connectivity index is 2.03. The molecule has 122 valence electrons. The maximum Gasteiger partial charge on any atom is 0.360 e. The highest BCUT2D eigenvalue weighted by molar-refractivity contribution is 6.00. The molecule has 1 heterocycles. The van der Waals surface area contributed by atoms with Crippen LogP contribution in [-0.2, 0) is 4.74 Å². The lowest BCUT2D eigenvalue weighted by atomic mass is 10.1. The molecule has 3 aromatic rings. The normalized spacial score (nSPS) is 10.6. The molecule has 5 heteroatoms. The van der Waals surface area contributed by atoms with Gasteiger partial charge < -0.3 is 14.6 Å². The van der Waals surface area contributed by atoms with E-state index in [9.17, 15) is 9.90 Å². The third-order valence-electron chi connectivity index (χ3n) is 3.59. The van der Waals surface area contributed by atoms with E-state index in [0.717, 1.165) is 5.75 Å². The number of para-hydroxylation sites is 1. The topological polar surface area (TPSA) is 68.7 Å². The quantitative estimate of drug-likeness (QED) is 0.728. The Bertz CT molecular complexity index is 891. The van der Waals surface area contributed by atoms with Crippen molar-refractivity contribution in [2.24, 2.45) is 0 Å². The number of nitrogens with zero attached hydrogens (tertiary/aromatic N) is 1. The smallest absolute Gasteiger partial charge is 0.360 e. The number of hydrogen-bond acceptors (Lipinski definition) is 5. The minimum absolute atomic E-state index is 0.0708. The molecule has 0 spiro atoms. The summed E-state index contributed by atoms with van der Waals surface area (Å²) in [5.74, 6) is 0.529. The summed E-state index contributed by atoms with van der Waals surface area (Å²) in [5.41, 5.74) is 0.544. The van der Waals surface area contributed by atoms with Gasteiger partial charge in [-0.15, -0.1) is 0 Å². The summed E-state index contributed by atoms with van der Waals surface area (Å²) >= 11 is 0. The molecular weight excluding hydrogens is 306 g/mol. The molecule has 0 saturated carbocycles. The van der Waals surface area contributed by atoms with Gasteiger partial charge in [0, 0.05) is 16.5 Å². The van der Waals surface area contributed by atoms with Gasteiger partial charge in [0.2, 0.25) is 0 Å². The molecule has 0 atom stereocenters. The molecule has 0 aliphatic heterocycles. The van der Waals surface area contributed by atoms with Crippen molar-refractivity contribution >= 4 is 16.7 Å². The fourth-order valence-electron chi connectivity index (χ4n) is 2.47. The zero-order valence-corrected chi connectivity index (χ0v) is 13.4. The van der Waals surface area contributed by atoms with E-state index in [0.29, 0.717) is 22.2 Å². The molecule has 0 unspecified atom stereocenters. The third-order valence-corrected chi connectivity index (χ3v) is 3.59. The number of hydrogen-bond donors (Lipinski definition) is 1. The number of aryl methyl sites for hydroxylation is 1. The van der Waals surface area contributed by atoms with Gasteiger partial charge in [0.15, 0.2) is 11.4 Å². The van der Waals surface area contributed by atoms with Crippen LogP contribution >= 0.6 is 0 Å². The van der Waals surface area contributed by atoms with E-state index in [2.05, 4.69) is 4.98 Å². The molecule has 0 bridgehead atoms. The highest BCUT2D eigenvalue weighted by atomic mass is 16.5. The number of aromatic nitrogens is 1. The Morgan fingerprint density at radius 2 is 1.83 bits per heavy atom. The van der Waals surface area contributed by atoms with Crippen LogP contribution in [0.5, 0.6) is 17.2 Å². The molecule has 0 aliphatic carbocycles. The SMILES string of the molecule is CCOC(=O)c1nc(C)c2cc(Oc3ccccc3)ccc2c1O. The van der Waals surface area contributed by atoms with Crippen LogP contribution in [0.4, 0.5) is 0 Å². The van der Waals surface area contributed by atoms with Crippen LogP contribution < -0.4 is 4.74 Å². The summed E-state index contributed by atoms with van der Waals surface area (Å²) < 4.78 is 10.7. The van der Waals surface area contributed by atoms with Crippen molar-refractivity contribution in [1.82, 2.24) is 4.98 Å². The van der Waals surface area contributed by atoms with E-state index >= 15 is 0 Å². The van der Waals surface area contributed by atoms with Gasteiger partial charge in [-0.05, 0) is 44.2 Å². The van der Waals surface area contributed by atoms with Gasteiger partial charge >= 0.3 is 5.97 Å². The monoisotopic (exact) mass is 323 g/mol. The van der Waals surface area contributed by atoms with Crippen molar-refractivity contribution in [3.8, 4) is 17.2 Å². The Hall–Kier alpha value is -3.08. The van der Waals surface area contributed by atoms with Gasteiger partial charge in [-0.25, -0.2) is 9.78 Å². The minimum Gasteiger partial charge on any atom is -0.505 e. The molecular formula is C19H17NO4. The first-order chi connectivity index (χ1) is 11.6. The Labute approximate surface area is 139 Å². The van der Waals surface area contributed by atoms with Crippen molar-refractivity contribution in [2.45, 2.75) is 13.8 Å². The zero-order chi connectivity index (χ0) is 17.1. The number of carbonyl (C=O) groups excluding carboxylic acids is 1. The number of pyridine rings is 1. The molecule has 24 heavy (non-hydrogen) atoms. The van der Waals surface area contributed by atoms with Crippen molar-refractivity contribution in [3.63, 3.8) is 0 Å².